The van der Waals surface area contributed by atoms with Crippen LogP contribution in [0.25, 0.3) is 0 Å². The first-order valence-electron chi connectivity index (χ1n) is 6.85. The zero-order valence-electron chi connectivity index (χ0n) is 12.3. The molecule has 0 spiro atoms. The molecule has 0 aromatic heterocycles. The molecule has 1 aromatic rings. The fraction of sp³-hybridized carbons (Fsp3) is 0.467. The van der Waals surface area contributed by atoms with Crippen molar-refractivity contribution >= 4 is 23.4 Å². The van der Waals surface area contributed by atoms with Crippen LogP contribution in [0.1, 0.15) is 30.1 Å². The lowest BCUT2D eigenvalue weighted by Gasteiger charge is -2.12. The van der Waals surface area contributed by atoms with Gasteiger partial charge >= 0.3 is 0 Å². The lowest BCUT2D eigenvalue weighted by molar-refractivity contribution is -0.122. The van der Waals surface area contributed by atoms with Gasteiger partial charge in [-0.15, -0.1) is 0 Å². The molecule has 21 heavy (non-hydrogen) atoms. The summed E-state index contributed by atoms with van der Waals surface area (Å²) < 4.78 is 4.94. The van der Waals surface area contributed by atoms with E-state index < -0.39 is 0 Å². The Hall–Kier alpha value is -1.59. The van der Waals surface area contributed by atoms with E-state index in [0.717, 1.165) is 0 Å². The van der Waals surface area contributed by atoms with Gasteiger partial charge in [0.1, 0.15) is 0 Å². The van der Waals surface area contributed by atoms with E-state index >= 15 is 0 Å². The molecule has 0 aliphatic carbocycles. The number of rotatable bonds is 8. The molecule has 0 saturated heterocycles. The summed E-state index contributed by atoms with van der Waals surface area (Å²) >= 11 is 5.76. The summed E-state index contributed by atoms with van der Waals surface area (Å²) in [4.78, 5) is 23.4. The highest BCUT2D eigenvalue weighted by molar-refractivity contribution is 6.30. The highest BCUT2D eigenvalue weighted by Crippen LogP contribution is 2.09. The van der Waals surface area contributed by atoms with Gasteiger partial charge in [-0.2, -0.15) is 0 Å². The predicted molar refractivity (Wildman–Crippen MR) is 82.5 cm³/mol. The van der Waals surface area contributed by atoms with Crippen LogP contribution < -0.4 is 10.6 Å². The van der Waals surface area contributed by atoms with Gasteiger partial charge in [0.25, 0.3) is 5.91 Å². The smallest absolute Gasteiger partial charge is 0.251 e. The second-order valence-electron chi connectivity index (χ2n) is 4.79. The molecule has 6 heteroatoms. The van der Waals surface area contributed by atoms with Crippen molar-refractivity contribution in [1.29, 1.82) is 0 Å². The van der Waals surface area contributed by atoms with Gasteiger partial charge in [-0.25, -0.2) is 0 Å². The summed E-state index contributed by atoms with van der Waals surface area (Å²) in [6.45, 7) is 2.82. The van der Waals surface area contributed by atoms with Crippen molar-refractivity contribution in [1.82, 2.24) is 10.6 Å². The van der Waals surface area contributed by atoms with Gasteiger partial charge in [-0.3, -0.25) is 9.59 Å². The molecule has 1 rings (SSSR count). The third-order valence-corrected chi connectivity index (χ3v) is 3.05. The van der Waals surface area contributed by atoms with Gasteiger partial charge in [-0.05, 0) is 37.6 Å². The van der Waals surface area contributed by atoms with Gasteiger partial charge in [0.15, 0.2) is 0 Å². The minimum atomic E-state index is -0.167. The molecule has 0 bridgehead atoms. The number of ether oxygens (including phenoxy) is 1. The quantitative estimate of drug-likeness (QED) is 0.722. The maximum absolute atomic E-state index is 11.8. The number of carbonyl (C=O) groups is 2. The zero-order chi connectivity index (χ0) is 15.7. The Bertz CT molecular complexity index is 462. The summed E-state index contributed by atoms with van der Waals surface area (Å²) in [6.07, 6.45) is 0.958. The van der Waals surface area contributed by atoms with Gasteiger partial charge in [0.05, 0.1) is 6.61 Å². The number of hydrogen-bond donors (Lipinski definition) is 2. The van der Waals surface area contributed by atoms with E-state index in [1.54, 1.807) is 31.4 Å². The molecule has 0 heterocycles. The molecule has 2 amide bonds. The summed E-state index contributed by atoms with van der Waals surface area (Å²) in [5.41, 5.74) is 0.553. The Morgan fingerprint density at radius 2 is 1.95 bits per heavy atom. The van der Waals surface area contributed by atoms with E-state index in [1.807, 2.05) is 6.92 Å². The number of amides is 2. The number of nitrogens with one attached hydrogen (secondary N) is 2. The van der Waals surface area contributed by atoms with Crippen molar-refractivity contribution in [3.05, 3.63) is 34.9 Å². The first-order chi connectivity index (χ1) is 10.0. The Morgan fingerprint density at radius 3 is 2.57 bits per heavy atom. The molecule has 1 atom stereocenters. The van der Waals surface area contributed by atoms with Crippen molar-refractivity contribution in [3.63, 3.8) is 0 Å². The molecule has 0 aliphatic rings. The lowest BCUT2D eigenvalue weighted by atomic mass is 10.2. The Morgan fingerprint density at radius 1 is 1.29 bits per heavy atom. The second kappa shape index (κ2) is 9.37. The molecule has 116 valence electrons. The summed E-state index contributed by atoms with van der Waals surface area (Å²) in [7, 11) is 1.59. The first-order valence-corrected chi connectivity index (χ1v) is 7.22. The first kappa shape index (κ1) is 17.5. The van der Waals surface area contributed by atoms with Crippen LogP contribution in [-0.4, -0.2) is 38.1 Å². The summed E-state index contributed by atoms with van der Waals surface area (Å²) in [5, 5.41) is 6.17. The molecule has 2 N–H and O–H groups in total. The monoisotopic (exact) mass is 312 g/mol. The minimum Gasteiger partial charge on any atom is -0.383 e. The molecule has 0 radical (unpaired) electrons. The van der Waals surface area contributed by atoms with Crippen LogP contribution in [0.4, 0.5) is 0 Å². The molecular formula is C15H21ClN2O3. The normalized spacial score (nSPS) is 11.8. The number of benzene rings is 1. The van der Waals surface area contributed by atoms with Gasteiger partial charge < -0.3 is 15.4 Å². The van der Waals surface area contributed by atoms with Crippen molar-refractivity contribution in [2.24, 2.45) is 0 Å². The summed E-state index contributed by atoms with van der Waals surface area (Å²) in [6, 6.07) is 6.65. The summed E-state index contributed by atoms with van der Waals surface area (Å²) in [5.74, 6) is -0.208. The van der Waals surface area contributed by atoms with E-state index in [-0.39, 0.29) is 17.9 Å². The molecule has 0 aliphatic heterocycles. The average molecular weight is 313 g/mol. The van der Waals surface area contributed by atoms with Crippen LogP contribution in [0.3, 0.4) is 0 Å². The van der Waals surface area contributed by atoms with E-state index in [2.05, 4.69) is 10.6 Å². The Balaban J connectivity index is 2.20. The van der Waals surface area contributed by atoms with Crippen molar-refractivity contribution in [3.8, 4) is 0 Å². The van der Waals surface area contributed by atoms with Crippen molar-refractivity contribution in [2.45, 2.75) is 25.8 Å². The van der Waals surface area contributed by atoms with E-state index in [9.17, 15) is 9.59 Å². The fourth-order valence-electron chi connectivity index (χ4n) is 1.79. The molecule has 5 nitrogen and oxygen atoms in total. The van der Waals surface area contributed by atoms with Crippen LogP contribution in [0.2, 0.25) is 5.02 Å². The largest absolute Gasteiger partial charge is 0.383 e. The third kappa shape index (κ3) is 7.11. The fourth-order valence-corrected chi connectivity index (χ4v) is 1.92. The maximum atomic E-state index is 11.8. The van der Waals surface area contributed by atoms with Crippen LogP contribution in [0.5, 0.6) is 0 Å². The maximum Gasteiger partial charge on any atom is 0.251 e. The number of methoxy groups -OCH3 is 1. The average Bonchev–Trinajstić information content (AvgIpc) is 2.44. The lowest BCUT2D eigenvalue weighted by Crippen LogP contribution is -2.36. The number of halogens is 1. The van der Waals surface area contributed by atoms with Gasteiger partial charge in [0, 0.05) is 36.7 Å². The van der Waals surface area contributed by atoms with Crippen molar-refractivity contribution < 1.29 is 14.3 Å². The molecular weight excluding hydrogens is 292 g/mol. The van der Waals surface area contributed by atoms with Crippen molar-refractivity contribution in [2.75, 3.05) is 20.3 Å². The van der Waals surface area contributed by atoms with Gasteiger partial charge in [-0.1, -0.05) is 11.6 Å². The molecule has 1 aromatic carbocycles. The number of hydrogen-bond acceptors (Lipinski definition) is 3. The van der Waals surface area contributed by atoms with E-state index in [4.69, 9.17) is 16.3 Å². The van der Waals surface area contributed by atoms with Gasteiger partial charge in [0.2, 0.25) is 5.91 Å². The molecule has 0 unspecified atom stereocenters. The van der Waals surface area contributed by atoms with Crippen LogP contribution in [0.15, 0.2) is 24.3 Å². The standard InChI is InChI=1S/C15H21ClN2O3/c1-11(10-21-2)18-14(19)4-3-9-17-15(20)12-5-7-13(16)8-6-12/h5-8,11H,3-4,9-10H2,1-2H3,(H,17,20)(H,18,19)/t11-/m0/s1. The van der Waals surface area contributed by atoms with Crippen LogP contribution >= 0.6 is 11.6 Å². The Kier molecular flexibility index (Phi) is 7.79. The SMILES string of the molecule is COC[C@H](C)NC(=O)CCCNC(=O)c1ccc(Cl)cc1. The molecule has 0 saturated carbocycles. The highest BCUT2D eigenvalue weighted by Gasteiger charge is 2.08. The van der Waals surface area contributed by atoms with Crippen LogP contribution in [0, 0.1) is 0 Å². The van der Waals surface area contributed by atoms with E-state index in [1.165, 1.54) is 0 Å². The van der Waals surface area contributed by atoms with E-state index in [0.29, 0.717) is 36.6 Å². The second-order valence-corrected chi connectivity index (χ2v) is 5.23. The van der Waals surface area contributed by atoms with Crippen LogP contribution in [-0.2, 0) is 9.53 Å². The Labute approximate surface area is 130 Å². The number of carbonyl (C=O) groups excluding carboxylic acids is 2. The third-order valence-electron chi connectivity index (χ3n) is 2.80. The predicted octanol–water partition coefficient (Wildman–Crippen LogP) is 2.00. The topological polar surface area (TPSA) is 67.4 Å². The highest BCUT2D eigenvalue weighted by atomic mass is 35.5. The zero-order valence-corrected chi connectivity index (χ0v) is 13.1. The molecule has 0 fully saturated rings. The minimum absolute atomic E-state index is 0.00819.